The molecule has 20 heavy (non-hydrogen) atoms. The normalized spacial score (nSPS) is 15.4. The number of nitrogens with zero attached hydrogens (tertiary/aromatic N) is 1. The summed E-state index contributed by atoms with van der Waals surface area (Å²) in [5.74, 6) is -0.0656. The minimum absolute atomic E-state index is 0.0656. The van der Waals surface area contributed by atoms with Crippen LogP contribution in [0.4, 0.5) is 10.7 Å². The number of nitrogens with two attached hydrogens (primary N) is 1. The van der Waals surface area contributed by atoms with E-state index in [4.69, 9.17) is 10.5 Å². The van der Waals surface area contributed by atoms with Crippen molar-refractivity contribution in [3.8, 4) is 0 Å². The van der Waals surface area contributed by atoms with Gasteiger partial charge in [0.2, 0.25) is 0 Å². The van der Waals surface area contributed by atoms with Crippen molar-refractivity contribution >= 4 is 39.7 Å². The van der Waals surface area contributed by atoms with Crippen molar-refractivity contribution in [3.63, 3.8) is 0 Å². The fourth-order valence-corrected chi connectivity index (χ4v) is 4.23. The maximum absolute atomic E-state index is 12.2. The smallest absolute Gasteiger partial charge is 0.263 e. The maximum Gasteiger partial charge on any atom is 0.263 e. The second-order valence-electron chi connectivity index (χ2n) is 4.54. The Morgan fingerprint density at radius 1 is 1.50 bits per heavy atom. The molecule has 1 aromatic heterocycles. The van der Waals surface area contributed by atoms with Crippen molar-refractivity contribution in [1.82, 2.24) is 5.32 Å². The lowest BCUT2D eigenvalue weighted by Gasteiger charge is -2.28. The van der Waals surface area contributed by atoms with Crippen molar-refractivity contribution in [2.24, 2.45) is 0 Å². The minimum atomic E-state index is -0.0656. The first-order chi connectivity index (χ1) is 9.69. The van der Waals surface area contributed by atoms with Crippen LogP contribution in [-0.2, 0) is 4.74 Å². The third-order valence-electron chi connectivity index (χ3n) is 3.13. The van der Waals surface area contributed by atoms with Crippen LogP contribution in [0.5, 0.6) is 0 Å². The number of amides is 1. The van der Waals surface area contributed by atoms with Gasteiger partial charge in [-0.2, -0.15) is 0 Å². The third kappa shape index (κ3) is 3.21. The van der Waals surface area contributed by atoms with Crippen molar-refractivity contribution < 1.29 is 9.53 Å². The highest BCUT2D eigenvalue weighted by Crippen LogP contribution is 2.43. The summed E-state index contributed by atoms with van der Waals surface area (Å²) in [6, 6.07) is 0. The molecule has 112 valence electrons. The van der Waals surface area contributed by atoms with Gasteiger partial charge in [-0.15, -0.1) is 23.1 Å². The van der Waals surface area contributed by atoms with Gasteiger partial charge >= 0.3 is 0 Å². The summed E-state index contributed by atoms with van der Waals surface area (Å²) in [5, 5.41) is 3.99. The summed E-state index contributed by atoms with van der Waals surface area (Å²) in [6.45, 7) is 5.86. The highest BCUT2D eigenvalue weighted by molar-refractivity contribution is 7.99. The topological polar surface area (TPSA) is 67.6 Å². The van der Waals surface area contributed by atoms with Gasteiger partial charge in [0, 0.05) is 19.6 Å². The number of carbonyl (C=O) groups excluding carboxylic acids is 1. The molecule has 1 aliphatic rings. The molecule has 1 fully saturated rings. The maximum atomic E-state index is 12.2. The highest BCUT2D eigenvalue weighted by atomic mass is 32.2. The van der Waals surface area contributed by atoms with Gasteiger partial charge in [-0.05, 0) is 12.7 Å². The fraction of sp³-hybridized carbons (Fsp3) is 0.615. The van der Waals surface area contributed by atoms with E-state index in [1.165, 1.54) is 11.3 Å². The van der Waals surface area contributed by atoms with Gasteiger partial charge in [-0.25, -0.2) is 0 Å². The SMILES string of the molecule is CCCNC(=O)c1sc(N2CCOCC2)c(SC)c1N. The number of hydrogen-bond acceptors (Lipinski definition) is 6. The van der Waals surface area contributed by atoms with Crippen molar-refractivity contribution in [3.05, 3.63) is 4.88 Å². The molecule has 2 heterocycles. The van der Waals surface area contributed by atoms with Crippen LogP contribution >= 0.6 is 23.1 Å². The second kappa shape index (κ2) is 7.19. The zero-order valence-corrected chi connectivity index (χ0v) is 13.5. The predicted octanol–water partition coefficient (Wildman–Crippen LogP) is 2.03. The molecule has 1 amide bonds. The van der Waals surface area contributed by atoms with E-state index >= 15 is 0 Å². The molecule has 0 unspecified atom stereocenters. The Morgan fingerprint density at radius 3 is 2.80 bits per heavy atom. The molecule has 0 aromatic carbocycles. The van der Waals surface area contributed by atoms with E-state index < -0.39 is 0 Å². The van der Waals surface area contributed by atoms with E-state index in [0.717, 1.165) is 42.6 Å². The molecule has 0 atom stereocenters. The van der Waals surface area contributed by atoms with Crippen LogP contribution in [0, 0.1) is 0 Å². The molecule has 0 spiro atoms. The lowest BCUT2D eigenvalue weighted by atomic mass is 10.3. The fourth-order valence-electron chi connectivity index (χ4n) is 2.08. The number of morpholine rings is 1. The summed E-state index contributed by atoms with van der Waals surface area (Å²) < 4.78 is 5.38. The van der Waals surface area contributed by atoms with Crippen LogP contribution in [0.15, 0.2) is 4.90 Å². The number of nitrogen functional groups attached to an aromatic ring is 1. The van der Waals surface area contributed by atoms with Gasteiger partial charge in [0.25, 0.3) is 5.91 Å². The summed E-state index contributed by atoms with van der Waals surface area (Å²) in [7, 11) is 0. The lowest BCUT2D eigenvalue weighted by Crippen LogP contribution is -2.35. The Morgan fingerprint density at radius 2 is 2.20 bits per heavy atom. The molecule has 2 rings (SSSR count). The molecule has 5 nitrogen and oxygen atoms in total. The lowest BCUT2D eigenvalue weighted by molar-refractivity contribution is 0.0958. The van der Waals surface area contributed by atoms with Crippen LogP contribution in [0.3, 0.4) is 0 Å². The summed E-state index contributed by atoms with van der Waals surface area (Å²) in [6.07, 6.45) is 2.92. The van der Waals surface area contributed by atoms with E-state index in [1.807, 2.05) is 13.2 Å². The van der Waals surface area contributed by atoms with Gasteiger partial charge in [-0.1, -0.05) is 6.92 Å². The minimum Gasteiger partial charge on any atom is -0.396 e. The van der Waals surface area contributed by atoms with Crippen molar-refractivity contribution in [1.29, 1.82) is 0 Å². The standard InChI is InChI=1S/C13H21N3O2S2/c1-3-4-15-12(17)10-9(14)11(19-2)13(20-10)16-5-7-18-8-6-16/h3-8,14H2,1-2H3,(H,15,17). The summed E-state index contributed by atoms with van der Waals surface area (Å²) >= 11 is 3.09. The molecule has 1 aromatic rings. The van der Waals surface area contributed by atoms with Crippen LogP contribution < -0.4 is 16.0 Å². The van der Waals surface area contributed by atoms with Crippen LogP contribution in [0.1, 0.15) is 23.0 Å². The van der Waals surface area contributed by atoms with Crippen LogP contribution in [-0.4, -0.2) is 45.0 Å². The quantitative estimate of drug-likeness (QED) is 0.814. The van der Waals surface area contributed by atoms with Gasteiger partial charge in [-0.3, -0.25) is 4.79 Å². The molecule has 3 N–H and O–H groups in total. The van der Waals surface area contributed by atoms with Gasteiger partial charge in [0.15, 0.2) is 0 Å². The Hall–Kier alpha value is -0.920. The number of thioether (sulfide) groups is 1. The van der Waals surface area contributed by atoms with Crippen molar-refractivity contribution in [2.75, 3.05) is 49.7 Å². The largest absolute Gasteiger partial charge is 0.396 e. The summed E-state index contributed by atoms with van der Waals surface area (Å²) in [5.41, 5.74) is 6.77. The Kier molecular flexibility index (Phi) is 5.56. The molecule has 0 aliphatic carbocycles. The van der Waals surface area contributed by atoms with Crippen molar-refractivity contribution in [2.45, 2.75) is 18.2 Å². The number of anilines is 2. The van der Waals surface area contributed by atoms with E-state index in [9.17, 15) is 4.79 Å². The molecular weight excluding hydrogens is 294 g/mol. The Balaban J connectivity index is 2.25. The number of ether oxygens (including phenoxy) is 1. The first-order valence-corrected chi connectivity index (χ1v) is 8.80. The number of thiophene rings is 1. The number of rotatable bonds is 5. The predicted molar refractivity (Wildman–Crippen MR) is 86.2 cm³/mol. The Labute approximate surface area is 127 Å². The summed E-state index contributed by atoms with van der Waals surface area (Å²) in [4.78, 5) is 16.1. The molecule has 0 saturated carbocycles. The first kappa shape index (κ1) is 15.5. The van der Waals surface area contributed by atoms with Gasteiger partial charge in [0.05, 0.1) is 23.8 Å². The zero-order chi connectivity index (χ0) is 14.5. The molecule has 0 radical (unpaired) electrons. The van der Waals surface area contributed by atoms with E-state index in [-0.39, 0.29) is 5.91 Å². The molecular formula is C13H21N3O2S2. The average molecular weight is 315 g/mol. The Bertz CT molecular complexity index is 470. The van der Waals surface area contributed by atoms with Gasteiger partial charge in [0.1, 0.15) is 9.88 Å². The molecule has 7 heteroatoms. The van der Waals surface area contributed by atoms with E-state index in [0.29, 0.717) is 17.1 Å². The molecule has 1 aliphatic heterocycles. The van der Waals surface area contributed by atoms with E-state index in [2.05, 4.69) is 10.2 Å². The van der Waals surface area contributed by atoms with Gasteiger partial charge < -0.3 is 20.7 Å². The third-order valence-corrected chi connectivity index (χ3v) is 5.34. The second-order valence-corrected chi connectivity index (χ2v) is 6.35. The number of carbonyl (C=O) groups is 1. The average Bonchev–Trinajstić information content (AvgIpc) is 2.82. The number of nitrogens with one attached hydrogen (secondary N) is 1. The monoisotopic (exact) mass is 315 g/mol. The highest BCUT2D eigenvalue weighted by Gasteiger charge is 2.24. The van der Waals surface area contributed by atoms with Crippen LogP contribution in [0.25, 0.3) is 0 Å². The zero-order valence-electron chi connectivity index (χ0n) is 11.9. The molecule has 0 bridgehead atoms. The number of hydrogen-bond donors (Lipinski definition) is 2. The van der Waals surface area contributed by atoms with E-state index in [1.54, 1.807) is 11.8 Å². The van der Waals surface area contributed by atoms with Crippen LogP contribution in [0.2, 0.25) is 0 Å². The first-order valence-electron chi connectivity index (χ1n) is 6.76. The molecule has 1 saturated heterocycles.